The van der Waals surface area contributed by atoms with Gasteiger partial charge in [-0.05, 0) is 32.1 Å². The fourth-order valence-corrected chi connectivity index (χ4v) is 3.07. The van der Waals surface area contributed by atoms with Crippen LogP contribution in [0.4, 0.5) is 13.2 Å². The van der Waals surface area contributed by atoms with Gasteiger partial charge in [-0.15, -0.1) is 0 Å². The van der Waals surface area contributed by atoms with E-state index in [1.807, 2.05) is 0 Å². The van der Waals surface area contributed by atoms with Crippen LogP contribution in [0.2, 0.25) is 0 Å². The van der Waals surface area contributed by atoms with Crippen LogP contribution in [-0.4, -0.2) is 27.8 Å². The summed E-state index contributed by atoms with van der Waals surface area (Å²) in [4.78, 5) is -0.645. The molecule has 0 bridgehead atoms. The average Bonchev–Trinajstić information content (AvgIpc) is 2.28. The van der Waals surface area contributed by atoms with Crippen LogP contribution in [-0.2, 0) is 16.0 Å². The summed E-state index contributed by atoms with van der Waals surface area (Å²) in [5.41, 5.74) is -1.10. The first-order chi connectivity index (χ1) is 8.29. The second-order valence-corrected chi connectivity index (χ2v) is 5.85. The van der Waals surface area contributed by atoms with E-state index in [2.05, 4.69) is 5.32 Å². The Balaban J connectivity index is 3.09. The van der Waals surface area contributed by atoms with Gasteiger partial charge in [-0.25, -0.2) is 8.42 Å². The van der Waals surface area contributed by atoms with E-state index in [0.717, 1.165) is 12.1 Å². The molecule has 0 saturated carbocycles. The molecular formula is C11H14F3NO2S. The van der Waals surface area contributed by atoms with Gasteiger partial charge in [0.2, 0.25) is 0 Å². The molecule has 0 aliphatic rings. The molecule has 1 N–H and O–H groups in total. The number of hydrogen-bond donors (Lipinski definition) is 1. The van der Waals surface area contributed by atoms with Crippen LogP contribution in [0.3, 0.4) is 0 Å². The van der Waals surface area contributed by atoms with Crippen LogP contribution in [0, 0.1) is 0 Å². The summed E-state index contributed by atoms with van der Waals surface area (Å²) >= 11 is 0. The number of halogens is 3. The Kier molecular flexibility index (Phi) is 4.75. The van der Waals surface area contributed by atoms with Gasteiger partial charge in [0.25, 0.3) is 0 Å². The number of sulfone groups is 1. The highest BCUT2D eigenvalue weighted by Crippen LogP contribution is 2.34. The molecule has 7 heteroatoms. The van der Waals surface area contributed by atoms with Crippen molar-refractivity contribution in [3.05, 3.63) is 29.8 Å². The van der Waals surface area contributed by atoms with E-state index in [-0.39, 0.29) is 12.2 Å². The third-order valence-corrected chi connectivity index (χ3v) is 4.22. The molecule has 1 aromatic carbocycles. The normalized spacial score (nSPS) is 12.7. The topological polar surface area (TPSA) is 46.2 Å². The zero-order valence-corrected chi connectivity index (χ0v) is 10.6. The van der Waals surface area contributed by atoms with Crippen molar-refractivity contribution >= 4 is 9.84 Å². The molecule has 1 aromatic rings. The Bertz CT molecular complexity index is 497. The van der Waals surface area contributed by atoms with Gasteiger partial charge in [0.1, 0.15) is 0 Å². The lowest BCUT2D eigenvalue weighted by atomic mass is 10.2. The third kappa shape index (κ3) is 3.71. The maximum Gasteiger partial charge on any atom is 0.417 e. The Morgan fingerprint density at radius 2 is 1.83 bits per heavy atom. The zero-order chi connectivity index (χ0) is 13.8. The quantitative estimate of drug-likeness (QED) is 0.841. The highest BCUT2D eigenvalue weighted by atomic mass is 32.2. The number of hydrogen-bond acceptors (Lipinski definition) is 3. The van der Waals surface area contributed by atoms with Gasteiger partial charge in [-0.3, -0.25) is 0 Å². The number of rotatable bonds is 5. The van der Waals surface area contributed by atoms with E-state index >= 15 is 0 Å². The van der Waals surface area contributed by atoms with Crippen molar-refractivity contribution in [3.8, 4) is 0 Å². The van der Waals surface area contributed by atoms with Gasteiger partial charge in [0, 0.05) is 0 Å². The molecule has 0 atom stereocenters. The molecule has 0 heterocycles. The van der Waals surface area contributed by atoms with Crippen molar-refractivity contribution in [2.45, 2.75) is 17.5 Å². The van der Waals surface area contributed by atoms with E-state index in [4.69, 9.17) is 0 Å². The predicted molar refractivity (Wildman–Crippen MR) is 62.0 cm³/mol. The fraction of sp³-hybridized carbons (Fsp3) is 0.455. The fourth-order valence-electron chi connectivity index (χ4n) is 1.52. The first-order valence-electron chi connectivity index (χ1n) is 5.32. The van der Waals surface area contributed by atoms with Crippen molar-refractivity contribution in [3.63, 3.8) is 0 Å². The number of benzene rings is 1. The van der Waals surface area contributed by atoms with Crippen LogP contribution in [0.5, 0.6) is 0 Å². The van der Waals surface area contributed by atoms with Gasteiger partial charge in [-0.1, -0.05) is 12.1 Å². The smallest absolute Gasteiger partial charge is 0.320 e. The molecule has 0 unspecified atom stereocenters. The maximum absolute atomic E-state index is 12.7. The molecule has 0 aliphatic heterocycles. The lowest BCUT2D eigenvalue weighted by molar-refractivity contribution is -0.139. The van der Waals surface area contributed by atoms with Crippen molar-refractivity contribution < 1.29 is 21.6 Å². The van der Waals surface area contributed by atoms with Crippen molar-refractivity contribution in [1.82, 2.24) is 5.32 Å². The minimum absolute atomic E-state index is 0.269. The molecule has 0 aromatic heterocycles. The molecule has 0 spiro atoms. The summed E-state index contributed by atoms with van der Waals surface area (Å²) in [5, 5.41) is 2.75. The van der Waals surface area contributed by atoms with Crippen LogP contribution in [0.15, 0.2) is 29.2 Å². The summed E-state index contributed by atoms with van der Waals surface area (Å²) in [6.45, 7) is 0.438. The molecule has 0 fully saturated rings. The molecule has 18 heavy (non-hydrogen) atoms. The molecule has 0 radical (unpaired) electrons. The van der Waals surface area contributed by atoms with Crippen LogP contribution in [0.25, 0.3) is 0 Å². The van der Waals surface area contributed by atoms with Gasteiger partial charge >= 0.3 is 6.18 Å². The number of alkyl halides is 3. The van der Waals surface area contributed by atoms with Crippen molar-refractivity contribution in [1.29, 1.82) is 0 Å². The first-order valence-corrected chi connectivity index (χ1v) is 6.98. The van der Waals surface area contributed by atoms with E-state index in [9.17, 15) is 21.6 Å². The number of nitrogens with one attached hydrogen (secondary N) is 1. The predicted octanol–water partition coefficient (Wildman–Crippen LogP) is 2.09. The third-order valence-electron chi connectivity index (χ3n) is 2.37. The lowest BCUT2D eigenvalue weighted by Gasteiger charge is -2.12. The van der Waals surface area contributed by atoms with Crippen LogP contribution >= 0.6 is 0 Å². The summed E-state index contributed by atoms with van der Waals surface area (Å²) in [6, 6.07) is 4.25. The van der Waals surface area contributed by atoms with E-state index in [0.29, 0.717) is 6.54 Å². The summed E-state index contributed by atoms with van der Waals surface area (Å²) in [5.74, 6) is -0.305. The zero-order valence-electron chi connectivity index (χ0n) is 9.79. The SMILES string of the molecule is CNCCCS(=O)(=O)c1ccccc1C(F)(F)F. The van der Waals surface area contributed by atoms with Crippen LogP contribution < -0.4 is 5.32 Å². The molecule has 102 valence electrons. The molecule has 0 saturated heterocycles. The Morgan fingerprint density at radius 3 is 2.39 bits per heavy atom. The first kappa shape index (κ1) is 15.0. The van der Waals surface area contributed by atoms with Crippen LogP contribution in [0.1, 0.15) is 12.0 Å². The summed E-state index contributed by atoms with van der Waals surface area (Å²) in [7, 11) is -2.26. The van der Waals surface area contributed by atoms with Crippen molar-refractivity contribution in [2.75, 3.05) is 19.3 Å². The second-order valence-electron chi connectivity index (χ2n) is 3.77. The largest absolute Gasteiger partial charge is 0.417 e. The van der Waals surface area contributed by atoms with E-state index in [1.54, 1.807) is 7.05 Å². The molecule has 0 aliphatic carbocycles. The standard InChI is InChI=1S/C11H14F3NO2S/c1-15-7-4-8-18(16,17)10-6-3-2-5-9(10)11(12,13)14/h2-3,5-6,15H,4,7-8H2,1H3. The maximum atomic E-state index is 12.7. The minimum atomic E-state index is -4.66. The Labute approximate surface area is 104 Å². The van der Waals surface area contributed by atoms with Gasteiger partial charge in [-0.2, -0.15) is 13.2 Å². The summed E-state index contributed by atoms with van der Waals surface area (Å²) < 4.78 is 61.8. The molecule has 3 nitrogen and oxygen atoms in total. The monoisotopic (exact) mass is 281 g/mol. The van der Waals surface area contributed by atoms with Crippen molar-refractivity contribution in [2.24, 2.45) is 0 Å². The van der Waals surface area contributed by atoms with E-state index < -0.39 is 26.5 Å². The van der Waals surface area contributed by atoms with Gasteiger partial charge in [0.15, 0.2) is 9.84 Å². The molecule has 0 amide bonds. The Hall–Kier alpha value is -1.08. The minimum Gasteiger partial charge on any atom is -0.320 e. The molecule has 1 rings (SSSR count). The molecular weight excluding hydrogens is 267 g/mol. The van der Waals surface area contributed by atoms with Gasteiger partial charge in [0.05, 0.1) is 16.2 Å². The van der Waals surface area contributed by atoms with Gasteiger partial charge < -0.3 is 5.32 Å². The highest BCUT2D eigenvalue weighted by molar-refractivity contribution is 7.91. The highest BCUT2D eigenvalue weighted by Gasteiger charge is 2.36. The Morgan fingerprint density at radius 1 is 1.22 bits per heavy atom. The van der Waals surface area contributed by atoms with E-state index in [1.165, 1.54) is 12.1 Å². The average molecular weight is 281 g/mol. The lowest BCUT2D eigenvalue weighted by Crippen LogP contribution is -2.18. The second kappa shape index (κ2) is 5.71. The summed E-state index contributed by atoms with van der Waals surface area (Å²) in [6.07, 6.45) is -4.39.